The average Bonchev–Trinajstić information content (AvgIpc) is 2.46. The number of methoxy groups -OCH3 is 1. The number of hydrogen-bond donors (Lipinski definition) is 0. The number of nitrogens with zero attached hydrogens (tertiary/aromatic N) is 3. The minimum atomic E-state index is -0.306. The first-order chi connectivity index (χ1) is 8.77. The lowest BCUT2D eigenvalue weighted by atomic mass is 10.0. The van der Waals surface area contributed by atoms with Crippen LogP contribution in [0.25, 0.3) is 0 Å². The zero-order chi connectivity index (χ0) is 13.0. The standard InChI is InChI=1S/C13H15N3O2/c1-18-13(17)12-5-2-3-8-16(12)11-6-4-7-15-10(11)9-14/h4,6-7,12H,2-3,5,8H2,1H3. The Morgan fingerprint density at radius 2 is 2.44 bits per heavy atom. The lowest BCUT2D eigenvalue weighted by molar-refractivity contribution is -0.142. The molecule has 94 valence electrons. The van der Waals surface area contributed by atoms with Gasteiger partial charge in [-0.25, -0.2) is 9.78 Å². The minimum absolute atomic E-state index is 0.248. The highest BCUT2D eigenvalue weighted by Gasteiger charge is 2.31. The summed E-state index contributed by atoms with van der Waals surface area (Å²) < 4.78 is 4.83. The molecule has 0 aromatic carbocycles. The molecule has 2 rings (SSSR count). The monoisotopic (exact) mass is 245 g/mol. The molecule has 0 radical (unpaired) electrons. The molecule has 1 atom stereocenters. The van der Waals surface area contributed by atoms with Crippen LogP contribution < -0.4 is 4.90 Å². The predicted molar refractivity (Wildman–Crippen MR) is 66.0 cm³/mol. The van der Waals surface area contributed by atoms with Gasteiger partial charge in [-0.1, -0.05) is 0 Å². The maximum Gasteiger partial charge on any atom is 0.328 e. The predicted octanol–water partition coefficient (Wildman–Crippen LogP) is 1.49. The van der Waals surface area contributed by atoms with Crippen molar-refractivity contribution in [2.75, 3.05) is 18.6 Å². The van der Waals surface area contributed by atoms with E-state index >= 15 is 0 Å². The molecule has 5 heteroatoms. The van der Waals surface area contributed by atoms with E-state index in [4.69, 9.17) is 10.00 Å². The number of carbonyl (C=O) groups is 1. The van der Waals surface area contributed by atoms with E-state index in [0.717, 1.165) is 31.5 Å². The molecule has 1 fully saturated rings. The fraction of sp³-hybridized carbons (Fsp3) is 0.462. The van der Waals surface area contributed by atoms with E-state index in [-0.39, 0.29) is 12.0 Å². The van der Waals surface area contributed by atoms with E-state index in [1.165, 1.54) is 7.11 Å². The highest BCUT2D eigenvalue weighted by atomic mass is 16.5. The molecule has 0 amide bonds. The molecule has 0 N–H and O–H groups in total. The second-order valence-corrected chi connectivity index (χ2v) is 4.21. The highest BCUT2D eigenvalue weighted by molar-refractivity contribution is 5.81. The van der Waals surface area contributed by atoms with E-state index in [0.29, 0.717) is 5.69 Å². The molecule has 0 saturated carbocycles. The first kappa shape index (κ1) is 12.4. The van der Waals surface area contributed by atoms with E-state index in [1.54, 1.807) is 12.3 Å². The molecule has 5 nitrogen and oxygen atoms in total. The molecule has 2 heterocycles. The number of aromatic nitrogens is 1. The Morgan fingerprint density at radius 1 is 1.61 bits per heavy atom. The van der Waals surface area contributed by atoms with Crippen LogP contribution in [0.1, 0.15) is 25.0 Å². The van der Waals surface area contributed by atoms with Crippen LogP contribution in [0.3, 0.4) is 0 Å². The molecule has 0 aliphatic carbocycles. The molecule has 1 aromatic heterocycles. The van der Waals surface area contributed by atoms with Gasteiger partial charge in [0.1, 0.15) is 12.1 Å². The fourth-order valence-corrected chi connectivity index (χ4v) is 2.32. The summed E-state index contributed by atoms with van der Waals surface area (Å²) in [4.78, 5) is 17.8. The Kier molecular flexibility index (Phi) is 3.78. The number of nitriles is 1. The number of ether oxygens (including phenoxy) is 1. The van der Waals surface area contributed by atoms with Crippen LogP contribution in [-0.2, 0) is 9.53 Å². The van der Waals surface area contributed by atoms with Crippen LogP contribution >= 0.6 is 0 Å². The summed E-state index contributed by atoms with van der Waals surface area (Å²) in [6.07, 6.45) is 4.34. The molecule has 1 aliphatic rings. The first-order valence-electron chi connectivity index (χ1n) is 5.97. The normalized spacial score (nSPS) is 19.1. The summed E-state index contributed by atoms with van der Waals surface area (Å²) in [5.41, 5.74) is 1.07. The molecule has 0 spiro atoms. The maximum absolute atomic E-state index is 11.8. The Balaban J connectivity index is 2.34. The summed E-state index contributed by atoms with van der Waals surface area (Å²) in [5, 5.41) is 9.08. The molecule has 1 saturated heterocycles. The molecule has 1 aromatic rings. The van der Waals surface area contributed by atoms with Crippen molar-refractivity contribution in [3.63, 3.8) is 0 Å². The molecular weight excluding hydrogens is 230 g/mol. The van der Waals surface area contributed by atoms with Crippen molar-refractivity contribution in [1.82, 2.24) is 4.98 Å². The van der Waals surface area contributed by atoms with Gasteiger partial charge >= 0.3 is 5.97 Å². The van der Waals surface area contributed by atoms with Crippen molar-refractivity contribution < 1.29 is 9.53 Å². The number of carbonyl (C=O) groups excluding carboxylic acids is 1. The Labute approximate surface area is 106 Å². The van der Waals surface area contributed by atoms with Crippen molar-refractivity contribution in [1.29, 1.82) is 5.26 Å². The third-order valence-corrected chi connectivity index (χ3v) is 3.18. The lowest BCUT2D eigenvalue weighted by Gasteiger charge is -2.35. The number of pyridine rings is 1. The SMILES string of the molecule is COC(=O)C1CCCCN1c1cccnc1C#N. The zero-order valence-electron chi connectivity index (χ0n) is 10.3. The van der Waals surface area contributed by atoms with Crippen molar-refractivity contribution in [3.8, 4) is 6.07 Å². The Hall–Kier alpha value is -2.09. The van der Waals surface area contributed by atoms with Crippen molar-refractivity contribution in [3.05, 3.63) is 24.0 Å². The van der Waals surface area contributed by atoms with E-state index in [2.05, 4.69) is 11.1 Å². The van der Waals surface area contributed by atoms with Gasteiger partial charge in [0.2, 0.25) is 0 Å². The molecule has 18 heavy (non-hydrogen) atoms. The summed E-state index contributed by atoms with van der Waals surface area (Å²) >= 11 is 0. The maximum atomic E-state index is 11.8. The van der Waals surface area contributed by atoms with Gasteiger partial charge in [-0.3, -0.25) is 0 Å². The van der Waals surface area contributed by atoms with Crippen LogP contribution in [0.4, 0.5) is 5.69 Å². The first-order valence-corrected chi connectivity index (χ1v) is 5.97. The number of anilines is 1. The van der Waals surface area contributed by atoms with Gasteiger partial charge in [0, 0.05) is 12.7 Å². The summed E-state index contributed by atoms with van der Waals surface area (Å²) in [6.45, 7) is 0.750. The van der Waals surface area contributed by atoms with Gasteiger partial charge < -0.3 is 9.64 Å². The van der Waals surface area contributed by atoms with Gasteiger partial charge in [0.15, 0.2) is 5.69 Å². The number of esters is 1. The van der Waals surface area contributed by atoms with E-state index < -0.39 is 0 Å². The molecule has 0 bridgehead atoms. The largest absolute Gasteiger partial charge is 0.467 e. The van der Waals surface area contributed by atoms with Crippen molar-refractivity contribution in [2.24, 2.45) is 0 Å². The summed E-state index contributed by atoms with van der Waals surface area (Å²) in [6, 6.07) is 5.36. The van der Waals surface area contributed by atoms with Gasteiger partial charge in [-0.15, -0.1) is 0 Å². The average molecular weight is 245 g/mol. The number of rotatable bonds is 2. The van der Waals surface area contributed by atoms with Crippen LogP contribution in [0.5, 0.6) is 0 Å². The van der Waals surface area contributed by atoms with Crippen molar-refractivity contribution in [2.45, 2.75) is 25.3 Å². The van der Waals surface area contributed by atoms with E-state index in [9.17, 15) is 4.79 Å². The van der Waals surface area contributed by atoms with Gasteiger partial charge in [-0.05, 0) is 31.4 Å². The number of hydrogen-bond acceptors (Lipinski definition) is 5. The molecule has 1 aliphatic heterocycles. The second kappa shape index (κ2) is 5.50. The Morgan fingerprint density at radius 3 is 3.17 bits per heavy atom. The van der Waals surface area contributed by atoms with Crippen molar-refractivity contribution >= 4 is 11.7 Å². The Bertz CT molecular complexity index is 481. The second-order valence-electron chi connectivity index (χ2n) is 4.21. The number of piperidine rings is 1. The van der Waals surface area contributed by atoms with Crippen LogP contribution in [0.2, 0.25) is 0 Å². The van der Waals surface area contributed by atoms with Crippen LogP contribution in [-0.4, -0.2) is 30.6 Å². The molecular formula is C13H15N3O2. The third-order valence-electron chi connectivity index (χ3n) is 3.18. The summed E-state index contributed by atoms with van der Waals surface area (Å²) in [5.74, 6) is -0.248. The van der Waals surface area contributed by atoms with Gasteiger partial charge in [-0.2, -0.15) is 5.26 Å². The smallest absolute Gasteiger partial charge is 0.328 e. The quantitative estimate of drug-likeness (QED) is 0.738. The van der Waals surface area contributed by atoms with Crippen LogP contribution in [0.15, 0.2) is 18.3 Å². The molecule has 1 unspecified atom stereocenters. The highest BCUT2D eigenvalue weighted by Crippen LogP contribution is 2.27. The fourth-order valence-electron chi connectivity index (χ4n) is 2.32. The van der Waals surface area contributed by atoms with Gasteiger partial charge in [0.05, 0.1) is 12.8 Å². The van der Waals surface area contributed by atoms with Gasteiger partial charge in [0.25, 0.3) is 0 Å². The minimum Gasteiger partial charge on any atom is -0.467 e. The third kappa shape index (κ3) is 2.28. The lowest BCUT2D eigenvalue weighted by Crippen LogP contribution is -2.45. The van der Waals surface area contributed by atoms with E-state index in [1.807, 2.05) is 11.0 Å². The van der Waals surface area contributed by atoms with Crippen LogP contribution in [0, 0.1) is 11.3 Å². The topological polar surface area (TPSA) is 66.2 Å². The zero-order valence-corrected chi connectivity index (χ0v) is 10.3. The summed E-state index contributed by atoms with van der Waals surface area (Å²) in [7, 11) is 1.39.